The van der Waals surface area contributed by atoms with Crippen molar-refractivity contribution in [3.8, 4) is 5.75 Å². The molecule has 2 aromatic rings. The Hall–Kier alpha value is -1.90. The lowest BCUT2D eigenvalue weighted by Crippen LogP contribution is -2.38. The zero-order chi connectivity index (χ0) is 17.4. The number of phenols is 1. The summed E-state index contributed by atoms with van der Waals surface area (Å²) in [6.07, 6.45) is 0.347. The summed E-state index contributed by atoms with van der Waals surface area (Å²) in [5, 5.41) is 15.6. The molecule has 0 aliphatic carbocycles. The number of nitrogens with one attached hydrogen (secondary N) is 2. The van der Waals surface area contributed by atoms with Crippen LogP contribution >= 0.6 is 24.0 Å². The largest absolute Gasteiger partial charge is 0.508 e. The topological polar surface area (TPSA) is 56.7 Å². The lowest BCUT2D eigenvalue weighted by Gasteiger charge is -2.11. The fourth-order valence-electron chi connectivity index (χ4n) is 2.22. The van der Waals surface area contributed by atoms with Crippen molar-refractivity contribution in [3.63, 3.8) is 0 Å². The van der Waals surface area contributed by atoms with Gasteiger partial charge in [0.1, 0.15) is 17.4 Å². The molecule has 7 heteroatoms. The lowest BCUT2D eigenvalue weighted by atomic mass is 10.1. The fourth-order valence-corrected chi connectivity index (χ4v) is 2.22. The summed E-state index contributed by atoms with van der Waals surface area (Å²) in [5.74, 6) is -0.0874. The van der Waals surface area contributed by atoms with Crippen LogP contribution in [0.2, 0.25) is 0 Å². The lowest BCUT2D eigenvalue weighted by molar-refractivity contribution is 0.474. The number of halogens is 3. The first kappa shape index (κ1) is 21.1. The zero-order valence-electron chi connectivity index (χ0n) is 13.9. The number of benzene rings is 2. The molecule has 0 amide bonds. The molecule has 2 rings (SSSR count). The summed E-state index contributed by atoms with van der Waals surface area (Å²) >= 11 is 0. The highest BCUT2D eigenvalue weighted by Gasteiger charge is 2.04. The maximum Gasteiger partial charge on any atom is 0.191 e. The van der Waals surface area contributed by atoms with Gasteiger partial charge in [0.2, 0.25) is 0 Å². The highest BCUT2D eigenvalue weighted by molar-refractivity contribution is 14.0. The van der Waals surface area contributed by atoms with Gasteiger partial charge in [0.05, 0.1) is 6.54 Å². The second-order valence-electron chi connectivity index (χ2n) is 5.28. The Morgan fingerprint density at radius 1 is 1.12 bits per heavy atom. The molecule has 0 atom stereocenters. The first-order valence-corrected chi connectivity index (χ1v) is 7.82. The molecule has 0 saturated heterocycles. The average Bonchev–Trinajstić information content (AvgIpc) is 2.56. The van der Waals surface area contributed by atoms with Crippen molar-refractivity contribution in [1.29, 1.82) is 0 Å². The highest BCUT2D eigenvalue weighted by Crippen LogP contribution is 2.12. The van der Waals surface area contributed by atoms with Gasteiger partial charge >= 0.3 is 0 Å². The van der Waals surface area contributed by atoms with Gasteiger partial charge in [-0.05, 0) is 54.8 Å². The minimum Gasteiger partial charge on any atom is -0.508 e. The quantitative estimate of drug-likeness (QED) is 0.350. The number of rotatable bonds is 6. The normalized spacial score (nSPS) is 10.9. The summed E-state index contributed by atoms with van der Waals surface area (Å²) in [4.78, 5) is 4.41. The van der Waals surface area contributed by atoms with Gasteiger partial charge in [0.15, 0.2) is 5.96 Å². The Labute approximate surface area is 163 Å². The van der Waals surface area contributed by atoms with Crippen LogP contribution in [0.3, 0.4) is 0 Å². The van der Waals surface area contributed by atoms with Crippen molar-refractivity contribution >= 4 is 29.9 Å². The first-order valence-electron chi connectivity index (χ1n) is 7.82. The van der Waals surface area contributed by atoms with Crippen LogP contribution in [0.4, 0.5) is 8.78 Å². The molecular weight excluding hydrogens is 439 g/mol. The van der Waals surface area contributed by atoms with Crippen molar-refractivity contribution in [1.82, 2.24) is 10.6 Å². The fraction of sp³-hybridized carbons (Fsp3) is 0.278. The van der Waals surface area contributed by atoms with Crippen molar-refractivity contribution < 1.29 is 13.9 Å². The van der Waals surface area contributed by atoms with Gasteiger partial charge in [-0.15, -0.1) is 24.0 Å². The van der Waals surface area contributed by atoms with E-state index in [2.05, 4.69) is 15.6 Å². The van der Waals surface area contributed by atoms with Gasteiger partial charge in [-0.1, -0.05) is 12.1 Å². The Balaban J connectivity index is 0.00000312. The maximum atomic E-state index is 13.6. The summed E-state index contributed by atoms with van der Waals surface area (Å²) in [7, 11) is 0. The van der Waals surface area contributed by atoms with E-state index < -0.39 is 11.6 Å². The SMILES string of the molecule is CCNC(=NCc1cccc(O)c1)NCCc1cc(F)ccc1F.I. The maximum absolute atomic E-state index is 13.6. The zero-order valence-corrected chi connectivity index (χ0v) is 16.3. The molecule has 0 aliphatic heterocycles. The Kier molecular flexibility index (Phi) is 9.18. The molecule has 0 aliphatic rings. The van der Waals surface area contributed by atoms with E-state index in [9.17, 15) is 13.9 Å². The number of aliphatic imine (C=N–C) groups is 1. The number of aromatic hydroxyl groups is 1. The third-order valence-electron chi connectivity index (χ3n) is 3.37. The monoisotopic (exact) mass is 461 g/mol. The van der Waals surface area contributed by atoms with E-state index in [-0.39, 0.29) is 29.7 Å². The molecule has 3 N–H and O–H groups in total. The Bertz CT molecular complexity index is 710. The van der Waals surface area contributed by atoms with Crippen molar-refractivity contribution in [2.45, 2.75) is 19.9 Å². The van der Waals surface area contributed by atoms with Gasteiger partial charge in [-0.2, -0.15) is 0 Å². The third-order valence-corrected chi connectivity index (χ3v) is 3.37. The molecule has 0 bridgehead atoms. The predicted octanol–water partition coefficient (Wildman–Crippen LogP) is 3.59. The van der Waals surface area contributed by atoms with Crippen molar-refractivity contribution in [2.75, 3.05) is 13.1 Å². The molecule has 0 heterocycles. The van der Waals surface area contributed by atoms with Crippen LogP contribution in [0.1, 0.15) is 18.1 Å². The number of guanidine groups is 1. The van der Waals surface area contributed by atoms with E-state index in [1.807, 2.05) is 13.0 Å². The first-order chi connectivity index (χ1) is 11.6. The van der Waals surface area contributed by atoms with Crippen LogP contribution < -0.4 is 10.6 Å². The van der Waals surface area contributed by atoms with Gasteiger partial charge in [0.25, 0.3) is 0 Å². The highest BCUT2D eigenvalue weighted by atomic mass is 127. The molecular formula is C18H22F2IN3O. The second kappa shape index (κ2) is 10.9. The van der Waals surface area contributed by atoms with Gasteiger partial charge < -0.3 is 15.7 Å². The summed E-state index contributed by atoms with van der Waals surface area (Å²) in [6.45, 7) is 3.45. The number of nitrogens with zero attached hydrogens (tertiary/aromatic N) is 1. The molecule has 4 nitrogen and oxygen atoms in total. The van der Waals surface area contributed by atoms with Crippen LogP contribution in [0.15, 0.2) is 47.5 Å². The standard InChI is InChI=1S/C18H21F2N3O.HI/c1-2-21-18(23-12-13-4-3-5-16(24)10-13)22-9-8-14-11-15(19)6-7-17(14)20;/h3-7,10-11,24H,2,8-9,12H2,1H3,(H2,21,22,23);1H. The van der Waals surface area contributed by atoms with E-state index >= 15 is 0 Å². The van der Waals surface area contributed by atoms with Gasteiger partial charge in [-0.3, -0.25) is 0 Å². The van der Waals surface area contributed by atoms with E-state index in [0.29, 0.717) is 37.6 Å². The summed E-state index contributed by atoms with van der Waals surface area (Å²) < 4.78 is 26.7. The van der Waals surface area contributed by atoms with E-state index in [4.69, 9.17) is 0 Å². The summed E-state index contributed by atoms with van der Waals surface area (Å²) in [6, 6.07) is 10.3. The van der Waals surface area contributed by atoms with Crippen LogP contribution in [-0.2, 0) is 13.0 Å². The van der Waals surface area contributed by atoms with Gasteiger partial charge in [0, 0.05) is 13.1 Å². The minimum atomic E-state index is -0.448. The molecule has 0 radical (unpaired) electrons. The van der Waals surface area contributed by atoms with Crippen molar-refractivity contribution in [2.24, 2.45) is 4.99 Å². The summed E-state index contributed by atoms with van der Waals surface area (Å²) in [5.41, 5.74) is 1.20. The molecule has 0 fully saturated rings. The minimum absolute atomic E-state index is 0. The van der Waals surface area contributed by atoms with Crippen LogP contribution in [0.25, 0.3) is 0 Å². The second-order valence-corrected chi connectivity index (χ2v) is 5.28. The van der Waals surface area contributed by atoms with Crippen LogP contribution in [0, 0.1) is 11.6 Å². The van der Waals surface area contributed by atoms with Crippen LogP contribution in [-0.4, -0.2) is 24.2 Å². The van der Waals surface area contributed by atoms with Crippen LogP contribution in [0.5, 0.6) is 5.75 Å². The number of hydrogen-bond acceptors (Lipinski definition) is 2. The average molecular weight is 461 g/mol. The molecule has 2 aromatic carbocycles. The molecule has 0 unspecified atom stereocenters. The Morgan fingerprint density at radius 2 is 1.92 bits per heavy atom. The molecule has 0 spiro atoms. The molecule has 0 aromatic heterocycles. The number of phenolic OH excluding ortho intramolecular Hbond substituents is 1. The van der Waals surface area contributed by atoms with E-state index in [1.54, 1.807) is 18.2 Å². The van der Waals surface area contributed by atoms with Crippen molar-refractivity contribution in [3.05, 3.63) is 65.2 Å². The molecule has 0 saturated carbocycles. The van der Waals surface area contributed by atoms with Gasteiger partial charge in [-0.25, -0.2) is 13.8 Å². The predicted molar refractivity (Wildman–Crippen MR) is 106 cm³/mol. The molecule has 136 valence electrons. The molecule has 25 heavy (non-hydrogen) atoms. The Morgan fingerprint density at radius 3 is 2.64 bits per heavy atom. The van der Waals surface area contributed by atoms with E-state index in [0.717, 1.165) is 17.7 Å². The van der Waals surface area contributed by atoms with E-state index in [1.165, 1.54) is 6.07 Å². The third kappa shape index (κ3) is 7.25. The smallest absolute Gasteiger partial charge is 0.191 e. The number of hydrogen-bond donors (Lipinski definition) is 3.